The van der Waals surface area contributed by atoms with E-state index in [4.69, 9.17) is 5.11 Å². The Bertz CT molecular complexity index is 420. The van der Waals surface area contributed by atoms with Gasteiger partial charge in [-0.05, 0) is 12.5 Å². The van der Waals surface area contributed by atoms with Crippen LogP contribution in [0.2, 0.25) is 0 Å². The summed E-state index contributed by atoms with van der Waals surface area (Å²) >= 11 is 0. The van der Waals surface area contributed by atoms with Crippen LogP contribution in [-0.4, -0.2) is 17.0 Å². The molecule has 1 amide bonds. The number of hydrogen-bond acceptors (Lipinski definition) is 2. The van der Waals surface area contributed by atoms with Gasteiger partial charge in [-0.25, -0.2) is 4.39 Å². The summed E-state index contributed by atoms with van der Waals surface area (Å²) in [6, 6.07) is 5.40. The normalized spacial score (nSPS) is 11.9. The third-order valence-corrected chi connectivity index (χ3v) is 2.31. The van der Waals surface area contributed by atoms with Gasteiger partial charge in [-0.3, -0.25) is 9.59 Å². The number of rotatable bonds is 5. The molecular weight excluding hydrogens is 225 g/mol. The van der Waals surface area contributed by atoms with E-state index in [9.17, 15) is 14.0 Å². The van der Waals surface area contributed by atoms with E-state index in [1.54, 1.807) is 12.1 Å². The second kappa shape index (κ2) is 5.98. The predicted molar refractivity (Wildman–Crippen MR) is 59.8 cm³/mol. The van der Waals surface area contributed by atoms with E-state index in [-0.39, 0.29) is 18.7 Å². The van der Waals surface area contributed by atoms with Crippen LogP contribution in [0.3, 0.4) is 0 Å². The van der Waals surface area contributed by atoms with Crippen LogP contribution in [0.5, 0.6) is 0 Å². The van der Waals surface area contributed by atoms with Crippen molar-refractivity contribution >= 4 is 11.9 Å². The molecule has 92 valence electrons. The molecule has 0 aliphatic heterocycles. The molecule has 0 aliphatic rings. The number of nitrogens with one attached hydrogen (secondary N) is 1. The fourth-order valence-electron chi connectivity index (χ4n) is 1.58. The lowest BCUT2D eigenvalue weighted by Gasteiger charge is -2.18. The molecule has 1 atom stereocenters. The minimum Gasteiger partial charge on any atom is -0.481 e. The molecule has 1 rings (SSSR count). The standard InChI is InChI=1S/C12H14FNO3/c1-8(15)14-11(6-7-12(16)17)9-4-2-3-5-10(9)13/h2-5,11H,6-7H2,1H3,(H,14,15)(H,16,17). The summed E-state index contributed by atoms with van der Waals surface area (Å²) in [4.78, 5) is 21.5. The number of carboxylic acids is 1. The van der Waals surface area contributed by atoms with Crippen molar-refractivity contribution in [1.29, 1.82) is 0 Å². The Balaban J connectivity index is 2.85. The van der Waals surface area contributed by atoms with Gasteiger partial charge in [-0.2, -0.15) is 0 Å². The van der Waals surface area contributed by atoms with Crippen molar-refractivity contribution in [1.82, 2.24) is 5.32 Å². The van der Waals surface area contributed by atoms with Crippen LogP contribution >= 0.6 is 0 Å². The fourth-order valence-corrected chi connectivity index (χ4v) is 1.58. The second-order valence-corrected chi connectivity index (χ2v) is 3.71. The fraction of sp³-hybridized carbons (Fsp3) is 0.333. The zero-order chi connectivity index (χ0) is 12.8. The van der Waals surface area contributed by atoms with Crippen molar-refractivity contribution in [2.45, 2.75) is 25.8 Å². The van der Waals surface area contributed by atoms with Crippen molar-refractivity contribution < 1.29 is 19.1 Å². The summed E-state index contributed by atoms with van der Waals surface area (Å²) in [6.07, 6.45) is 0.0368. The number of hydrogen-bond donors (Lipinski definition) is 2. The van der Waals surface area contributed by atoms with Gasteiger partial charge in [-0.15, -0.1) is 0 Å². The van der Waals surface area contributed by atoms with Crippen LogP contribution in [-0.2, 0) is 9.59 Å². The van der Waals surface area contributed by atoms with E-state index >= 15 is 0 Å². The Kier molecular flexibility index (Phi) is 4.63. The highest BCUT2D eigenvalue weighted by molar-refractivity contribution is 5.73. The molecule has 0 radical (unpaired) electrons. The molecule has 0 spiro atoms. The monoisotopic (exact) mass is 239 g/mol. The molecule has 1 aromatic carbocycles. The van der Waals surface area contributed by atoms with Crippen LogP contribution in [0.4, 0.5) is 4.39 Å². The highest BCUT2D eigenvalue weighted by Crippen LogP contribution is 2.21. The molecule has 17 heavy (non-hydrogen) atoms. The smallest absolute Gasteiger partial charge is 0.303 e. The molecule has 5 heteroatoms. The first-order valence-corrected chi connectivity index (χ1v) is 5.24. The molecule has 1 aromatic rings. The highest BCUT2D eigenvalue weighted by Gasteiger charge is 2.17. The van der Waals surface area contributed by atoms with Crippen molar-refractivity contribution in [3.05, 3.63) is 35.6 Å². The SMILES string of the molecule is CC(=O)NC(CCC(=O)O)c1ccccc1F. The Morgan fingerprint density at radius 2 is 2.06 bits per heavy atom. The van der Waals surface area contributed by atoms with Gasteiger partial charge < -0.3 is 10.4 Å². The maximum absolute atomic E-state index is 13.5. The van der Waals surface area contributed by atoms with Gasteiger partial charge in [0.25, 0.3) is 0 Å². The number of aliphatic carboxylic acids is 1. The quantitative estimate of drug-likeness (QED) is 0.824. The van der Waals surface area contributed by atoms with E-state index in [0.717, 1.165) is 0 Å². The second-order valence-electron chi connectivity index (χ2n) is 3.71. The van der Waals surface area contributed by atoms with Gasteiger partial charge in [0.15, 0.2) is 0 Å². The summed E-state index contributed by atoms with van der Waals surface area (Å²) < 4.78 is 13.5. The van der Waals surface area contributed by atoms with Crippen LogP contribution in [0.25, 0.3) is 0 Å². The van der Waals surface area contributed by atoms with Crippen LogP contribution in [0.1, 0.15) is 31.4 Å². The van der Waals surface area contributed by atoms with Crippen molar-refractivity contribution in [2.24, 2.45) is 0 Å². The third kappa shape index (κ3) is 4.22. The van der Waals surface area contributed by atoms with Crippen LogP contribution in [0.15, 0.2) is 24.3 Å². The number of carboxylic acid groups (broad SMARTS) is 1. The molecule has 0 bridgehead atoms. The number of benzene rings is 1. The summed E-state index contributed by atoms with van der Waals surface area (Å²) in [5.74, 6) is -1.74. The van der Waals surface area contributed by atoms with Crippen LogP contribution < -0.4 is 5.32 Å². The summed E-state index contributed by atoms with van der Waals surface area (Å²) in [7, 11) is 0. The van der Waals surface area contributed by atoms with Crippen molar-refractivity contribution in [2.75, 3.05) is 0 Å². The highest BCUT2D eigenvalue weighted by atomic mass is 19.1. The molecule has 4 nitrogen and oxygen atoms in total. The zero-order valence-corrected chi connectivity index (χ0v) is 9.44. The van der Waals surface area contributed by atoms with Gasteiger partial charge in [-0.1, -0.05) is 18.2 Å². The molecule has 1 unspecified atom stereocenters. The van der Waals surface area contributed by atoms with Gasteiger partial charge in [0.1, 0.15) is 5.82 Å². The molecule has 0 aromatic heterocycles. The molecule has 0 saturated heterocycles. The van der Waals surface area contributed by atoms with E-state index in [0.29, 0.717) is 5.56 Å². The Morgan fingerprint density at radius 1 is 1.41 bits per heavy atom. The van der Waals surface area contributed by atoms with Crippen molar-refractivity contribution in [3.63, 3.8) is 0 Å². The first kappa shape index (κ1) is 13.2. The lowest BCUT2D eigenvalue weighted by atomic mass is 10.0. The number of amides is 1. The Labute approximate surface area is 98.5 Å². The minimum atomic E-state index is -0.975. The van der Waals surface area contributed by atoms with Gasteiger partial charge in [0.2, 0.25) is 5.91 Å². The predicted octanol–water partition coefficient (Wildman–Crippen LogP) is 1.87. The summed E-state index contributed by atoms with van der Waals surface area (Å²) in [5, 5.41) is 11.2. The van der Waals surface area contributed by atoms with E-state index < -0.39 is 17.8 Å². The first-order valence-electron chi connectivity index (χ1n) is 5.24. The van der Waals surface area contributed by atoms with Gasteiger partial charge in [0.05, 0.1) is 6.04 Å². The summed E-state index contributed by atoms with van der Waals surface area (Å²) in [6.45, 7) is 1.31. The van der Waals surface area contributed by atoms with E-state index in [1.165, 1.54) is 19.1 Å². The molecule has 0 fully saturated rings. The van der Waals surface area contributed by atoms with E-state index in [2.05, 4.69) is 5.32 Å². The van der Waals surface area contributed by atoms with Gasteiger partial charge >= 0.3 is 5.97 Å². The van der Waals surface area contributed by atoms with Crippen LogP contribution in [0, 0.1) is 5.82 Å². The van der Waals surface area contributed by atoms with Crippen molar-refractivity contribution in [3.8, 4) is 0 Å². The summed E-state index contributed by atoms with van der Waals surface area (Å²) in [5.41, 5.74) is 0.309. The maximum atomic E-state index is 13.5. The zero-order valence-electron chi connectivity index (χ0n) is 9.44. The average Bonchev–Trinajstić information content (AvgIpc) is 2.24. The molecule has 0 heterocycles. The molecule has 0 aliphatic carbocycles. The Morgan fingerprint density at radius 3 is 2.59 bits per heavy atom. The Hall–Kier alpha value is -1.91. The lowest BCUT2D eigenvalue weighted by Crippen LogP contribution is -2.27. The number of carbonyl (C=O) groups excluding carboxylic acids is 1. The molecule has 0 saturated carbocycles. The third-order valence-electron chi connectivity index (χ3n) is 2.31. The maximum Gasteiger partial charge on any atom is 0.303 e. The largest absolute Gasteiger partial charge is 0.481 e. The number of carbonyl (C=O) groups is 2. The number of halogens is 1. The average molecular weight is 239 g/mol. The first-order chi connectivity index (χ1) is 8.00. The minimum absolute atomic E-state index is 0.126. The topological polar surface area (TPSA) is 66.4 Å². The van der Waals surface area contributed by atoms with E-state index in [1.807, 2.05) is 0 Å². The lowest BCUT2D eigenvalue weighted by molar-refractivity contribution is -0.137. The van der Waals surface area contributed by atoms with Gasteiger partial charge in [0, 0.05) is 18.9 Å². The molecular formula is C12H14FNO3. The molecule has 2 N–H and O–H groups in total.